The fourth-order valence-corrected chi connectivity index (χ4v) is 2.28. The fraction of sp³-hybridized carbons (Fsp3) is 0.526. The third-order valence-corrected chi connectivity index (χ3v) is 3.44. The molecule has 2 N–H and O–H groups in total. The molecule has 0 saturated heterocycles. The van der Waals surface area contributed by atoms with Gasteiger partial charge >= 0.3 is 12.1 Å². The Morgan fingerprint density at radius 1 is 1.27 bits per heavy atom. The van der Waals surface area contributed by atoms with Gasteiger partial charge in [-0.25, -0.2) is 9.59 Å². The van der Waals surface area contributed by atoms with E-state index in [0.717, 1.165) is 24.0 Å². The van der Waals surface area contributed by atoms with Crippen LogP contribution >= 0.6 is 0 Å². The SMILES string of the molecule is CN/N=C/CC1=CCC=C(CC(NC(=O)OC(C)(C)C)C(=O)OC)C=C1. The summed E-state index contributed by atoms with van der Waals surface area (Å²) in [5.74, 6) is -0.510. The first-order chi connectivity index (χ1) is 12.2. The molecule has 0 spiro atoms. The molecule has 7 nitrogen and oxygen atoms in total. The Hall–Kier alpha value is -2.57. The molecule has 0 aromatic heterocycles. The van der Waals surface area contributed by atoms with E-state index >= 15 is 0 Å². The normalized spacial score (nSPS) is 15.6. The van der Waals surface area contributed by atoms with Crippen LogP contribution in [0.25, 0.3) is 0 Å². The number of hydrogen-bond donors (Lipinski definition) is 2. The lowest BCUT2D eigenvalue weighted by Crippen LogP contribution is -2.44. The number of alkyl carbamates (subject to hydrolysis) is 1. The Morgan fingerprint density at radius 3 is 2.54 bits per heavy atom. The summed E-state index contributed by atoms with van der Waals surface area (Å²) < 4.78 is 10.0. The average molecular weight is 363 g/mol. The van der Waals surface area contributed by atoms with Gasteiger partial charge in [-0.1, -0.05) is 24.3 Å². The third kappa shape index (κ3) is 8.50. The van der Waals surface area contributed by atoms with E-state index < -0.39 is 23.7 Å². The van der Waals surface area contributed by atoms with Gasteiger partial charge in [-0.3, -0.25) is 0 Å². The molecular weight excluding hydrogens is 334 g/mol. The van der Waals surface area contributed by atoms with Crippen molar-refractivity contribution in [1.82, 2.24) is 10.7 Å². The number of methoxy groups -OCH3 is 1. The zero-order valence-corrected chi connectivity index (χ0v) is 16.2. The highest BCUT2D eigenvalue weighted by Gasteiger charge is 2.25. The summed E-state index contributed by atoms with van der Waals surface area (Å²) in [6.07, 6.45) is 11.0. The second-order valence-electron chi connectivity index (χ2n) is 6.79. The monoisotopic (exact) mass is 363 g/mol. The molecule has 144 valence electrons. The molecule has 1 atom stereocenters. The van der Waals surface area contributed by atoms with Crippen LogP contribution in [-0.2, 0) is 14.3 Å². The van der Waals surface area contributed by atoms with Gasteiger partial charge in [-0.15, -0.1) is 0 Å². The molecule has 0 heterocycles. The Kier molecular flexibility index (Phi) is 8.61. The van der Waals surface area contributed by atoms with Crippen LogP contribution in [0.15, 0.2) is 40.6 Å². The quantitative estimate of drug-likeness (QED) is 0.412. The largest absolute Gasteiger partial charge is 0.467 e. The molecule has 0 aromatic rings. The molecular formula is C19H29N3O4. The number of carbonyl (C=O) groups excluding carboxylic acids is 2. The van der Waals surface area contributed by atoms with E-state index in [0.29, 0.717) is 6.42 Å². The van der Waals surface area contributed by atoms with Crippen molar-refractivity contribution < 1.29 is 19.1 Å². The van der Waals surface area contributed by atoms with Crippen LogP contribution in [0.2, 0.25) is 0 Å². The van der Waals surface area contributed by atoms with Crippen LogP contribution in [0.4, 0.5) is 4.79 Å². The second kappa shape index (κ2) is 10.4. The minimum atomic E-state index is -0.807. The fourth-order valence-electron chi connectivity index (χ4n) is 2.28. The van der Waals surface area contributed by atoms with E-state index in [1.165, 1.54) is 7.11 Å². The number of hydrazone groups is 1. The molecule has 1 aliphatic carbocycles. The van der Waals surface area contributed by atoms with Gasteiger partial charge in [0.1, 0.15) is 11.6 Å². The second-order valence-corrected chi connectivity index (χ2v) is 6.79. The molecule has 0 radical (unpaired) electrons. The van der Waals surface area contributed by atoms with Gasteiger partial charge in [-0.05, 0) is 38.3 Å². The summed E-state index contributed by atoms with van der Waals surface area (Å²) in [5.41, 5.74) is 4.14. The van der Waals surface area contributed by atoms with E-state index in [-0.39, 0.29) is 0 Å². The van der Waals surface area contributed by atoms with E-state index in [2.05, 4.69) is 21.9 Å². The van der Waals surface area contributed by atoms with Gasteiger partial charge in [0.05, 0.1) is 7.11 Å². The highest BCUT2D eigenvalue weighted by molar-refractivity contribution is 5.81. The minimum Gasteiger partial charge on any atom is -0.467 e. The molecule has 0 saturated carbocycles. The molecule has 1 rings (SSSR count). The maximum Gasteiger partial charge on any atom is 0.408 e. The standard InChI is InChI=1S/C19H29N3O4/c1-19(2,3)26-18(24)22-16(17(23)25-5)13-15-8-6-7-14(9-10-15)11-12-21-20-4/h7-10,12,16,20H,6,11,13H2,1-5H3,(H,22,24)/b21-12+. The smallest absolute Gasteiger partial charge is 0.408 e. The Labute approximate surface area is 155 Å². The molecule has 0 aromatic carbocycles. The van der Waals surface area contributed by atoms with Crippen molar-refractivity contribution in [3.05, 3.63) is 35.5 Å². The lowest BCUT2D eigenvalue weighted by Gasteiger charge is -2.22. The van der Waals surface area contributed by atoms with Crippen LogP contribution in [0.3, 0.4) is 0 Å². The maximum atomic E-state index is 12.0. The maximum absolute atomic E-state index is 12.0. The third-order valence-electron chi connectivity index (χ3n) is 3.44. The van der Waals surface area contributed by atoms with Crippen LogP contribution in [0.5, 0.6) is 0 Å². The number of amides is 1. The Morgan fingerprint density at radius 2 is 1.92 bits per heavy atom. The van der Waals surface area contributed by atoms with E-state index in [9.17, 15) is 9.59 Å². The number of esters is 1. The van der Waals surface area contributed by atoms with Crippen LogP contribution in [0, 0.1) is 0 Å². The van der Waals surface area contributed by atoms with Gasteiger partial charge in [0.15, 0.2) is 0 Å². The van der Waals surface area contributed by atoms with Crippen molar-refractivity contribution >= 4 is 18.3 Å². The number of allylic oxidation sites excluding steroid dienone is 5. The number of hydrogen-bond acceptors (Lipinski definition) is 6. The molecule has 26 heavy (non-hydrogen) atoms. The van der Waals surface area contributed by atoms with Crippen molar-refractivity contribution in [2.45, 2.75) is 51.7 Å². The number of nitrogens with one attached hydrogen (secondary N) is 2. The molecule has 1 aliphatic rings. The zero-order chi connectivity index (χ0) is 19.6. The highest BCUT2D eigenvalue weighted by atomic mass is 16.6. The van der Waals surface area contributed by atoms with Gasteiger partial charge < -0.3 is 20.2 Å². The average Bonchev–Trinajstić information content (AvgIpc) is 2.77. The van der Waals surface area contributed by atoms with Crippen LogP contribution in [-0.4, -0.2) is 44.1 Å². The number of nitrogens with zero attached hydrogens (tertiary/aromatic N) is 1. The number of rotatable bonds is 7. The molecule has 0 bridgehead atoms. The molecule has 0 fully saturated rings. The minimum absolute atomic E-state index is 0.328. The van der Waals surface area contributed by atoms with E-state index in [1.54, 1.807) is 34.0 Å². The molecule has 0 aliphatic heterocycles. The Balaban J connectivity index is 2.72. The molecule has 1 unspecified atom stereocenters. The lowest BCUT2D eigenvalue weighted by atomic mass is 10.0. The topological polar surface area (TPSA) is 89.0 Å². The highest BCUT2D eigenvalue weighted by Crippen LogP contribution is 2.17. The van der Waals surface area contributed by atoms with E-state index in [4.69, 9.17) is 9.47 Å². The first kappa shape index (κ1) is 21.5. The van der Waals surface area contributed by atoms with Crippen molar-refractivity contribution in [2.24, 2.45) is 5.10 Å². The summed E-state index contributed by atoms with van der Waals surface area (Å²) in [5, 5.41) is 6.56. The first-order valence-electron chi connectivity index (χ1n) is 8.57. The number of carbonyl (C=O) groups is 2. The first-order valence-corrected chi connectivity index (χ1v) is 8.57. The summed E-state index contributed by atoms with van der Waals surface area (Å²) in [6.45, 7) is 5.29. The van der Waals surface area contributed by atoms with Crippen molar-refractivity contribution in [2.75, 3.05) is 14.2 Å². The Bertz CT molecular complexity index is 613. The van der Waals surface area contributed by atoms with Gasteiger partial charge in [0.25, 0.3) is 0 Å². The summed E-state index contributed by atoms with van der Waals surface area (Å²) in [6, 6.07) is -0.807. The van der Waals surface area contributed by atoms with Crippen molar-refractivity contribution in [3.63, 3.8) is 0 Å². The van der Waals surface area contributed by atoms with Crippen molar-refractivity contribution in [1.29, 1.82) is 0 Å². The summed E-state index contributed by atoms with van der Waals surface area (Å²) in [4.78, 5) is 24.0. The predicted octanol–water partition coefficient (Wildman–Crippen LogP) is 2.85. The lowest BCUT2D eigenvalue weighted by molar-refractivity contribution is -0.143. The van der Waals surface area contributed by atoms with E-state index in [1.807, 2.05) is 18.2 Å². The molecule has 1 amide bonds. The van der Waals surface area contributed by atoms with Gasteiger partial charge in [0.2, 0.25) is 0 Å². The predicted molar refractivity (Wildman–Crippen MR) is 102 cm³/mol. The summed E-state index contributed by atoms with van der Waals surface area (Å²) >= 11 is 0. The summed E-state index contributed by atoms with van der Waals surface area (Å²) in [7, 11) is 3.04. The zero-order valence-electron chi connectivity index (χ0n) is 16.2. The van der Waals surface area contributed by atoms with Crippen LogP contribution in [0.1, 0.15) is 40.0 Å². The molecule has 7 heteroatoms. The van der Waals surface area contributed by atoms with Crippen LogP contribution < -0.4 is 10.7 Å². The van der Waals surface area contributed by atoms with Gasteiger partial charge in [0, 0.05) is 26.1 Å². The van der Waals surface area contributed by atoms with Crippen molar-refractivity contribution in [3.8, 4) is 0 Å². The van der Waals surface area contributed by atoms with Gasteiger partial charge in [-0.2, -0.15) is 5.10 Å². The number of ether oxygens (including phenoxy) is 2.